The van der Waals surface area contributed by atoms with Crippen molar-refractivity contribution in [1.82, 2.24) is 20.3 Å². The monoisotopic (exact) mass is 342 g/mol. The highest BCUT2D eigenvalue weighted by molar-refractivity contribution is 7.09. The SMILES string of the molecule is Cc1ncc(C(=O)NCc2nc(-c3ccccc3F)cs2)c(C)n1. The van der Waals surface area contributed by atoms with E-state index >= 15 is 0 Å². The lowest BCUT2D eigenvalue weighted by Crippen LogP contribution is -2.24. The van der Waals surface area contributed by atoms with Crippen LogP contribution in [0.15, 0.2) is 35.8 Å². The lowest BCUT2D eigenvalue weighted by Gasteiger charge is -2.05. The quantitative estimate of drug-likeness (QED) is 0.790. The minimum atomic E-state index is -0.314. The summed E-state index contributed by atoms with van der Waals surface area (Å²) in [6.07, 6.45) is 1.51. The predicted molar refractivity (Wildman–Crippen MR) is 90.2 cm³/mol. The van der Waals surface area contributed by atoms with E-state index in [4.69, 9.17) is 0 Å². The van der Waals surface area contributed by atoms with Crippen LogP contribution >= 0.6 is 11.3 Å². The van der Waals surface area contributed by atoms with Gasteiger partial charge in [-0.15, -0.1) is 11.3 Å². The van der Waals surface area contributed by atoms with Gasteiger partial charge in [0.15, 0.2) is 0 Å². The molecule has 0 spiro atoms. The maximum absolute atomic E-state index is 13.8. The van der Waals surface area contributed by atoms with Crippen molar-refractivity contribution in [3.05, 3.63) is 63.7 Å². The zero-order chi connectivity index (χ0) is 17.1. The summed E-state index contributed by atoms with van der Waals surface area (Å²) in [5.41, 5.74) is 2.09. The summed E-state index contributed by atoms with van der Waals surface area (Å²) in [6.45, 7) is 3.81. The minimum absolute atomic E-state index is 0.254. The van der Waals surface area contributed by atoms with Gasteiger partial charge in [-0.3, -0.25) is 4.79 Å². The van der Waals surface area contributed by atoms with Crippen LogP contribution in [-0.4, -0.2) is 20.9 Å². The fourth-order valence-corrected chi connectivity index (χ4v) is 2.98. The maximum atomic E-state index is 13.8. The smallest absolute Gasteiger partial charge is 0.255 e. The Labute approximate surface area is 142 Å². The molecule has 0 aliphatic heterocycles. The number of benzene rings is 1. The topological polar surface area (TPSA) is 67.8 Å². The van der Waals surface area contributed by atoms with Gasteiger partial charge in [0.05, 0.1) is 23.5 Å². The molecule has 2 heterocycles. The van der Waals surface area contributed by atoms with Gasteiger partial charge in [0.25, 0.3) is 5.91 Å². The molecular formula is C17H15FN4OS. The molecule has 1 amide bonds. The number of aromatic nitrogens is 3. The van der Waals surface area contributed by atoms with Crippen LogP contribution in [0.1, 0.15) is 26.9 Å². The van der Waals surface area contributed by atoms with E-state index in [1.54, 1.807) is 37.4 Å². The van der Waals surface area contributed by atoms with Crippen molar-refractivity contribution in [3.8, 4) is 11.3 Å². The fraction of sp³-hybridized carbons (Fsp3) is 0.176. The van der Waals surface area contributed by atoms with E-state index in [-0.39, 0.29) is 18.3 Å². The summed E-state index contributed by atoms with van der Waals surface area (Å²) in [5.74, 6) is 0.0551. The molecule has 24 heavy (non-hydrogen) atoms. The molecule has 2 aromatic heterocycles. The highest BCUT2D eigenvalue weighted by atomic mass is 32.1. The van der Waals surface area contributed by atoms with Crippen molar-refractivity contribution in [1.29, 1.82) is 0 Å². The van der Waals surface area contributed by atoms with Crippen LogP contribution in [0.4, 0.5) is 4.39 Å². The number of hydrogen-bond acceptors (Lipinski definition) is 5. The van der Waals surface area contributed by atoms with Gasteiger partial charge in [0.1, 0.15) is 16.6 Å². The summed E-state index contributed by atoms with van der Waals surface area (Å²) in [5, 5.41) is 5.27. The van der Waals surface area contributed by atoms with Gasteiger partial charge in [0, 0.05) is 17.1 Å². The first-order valence-corrected chi connectivity index (χ1v) is 8.20. The molecule has 0 atom stereocenters. The summed E-state index contributed by atoms with van der Waals surface area (Å²) in [6, 6.07) is 6.48. The molecule has 1 aromatic carbocycles. The number of rotatable bonds is 4. The molecule has 122 valence electrons. The summed E-state index contributed by atoms with van der Waals surface area (Å²) in [4.78, 5) is 24.8. The van der Waals surface area contributed by atoms with Crippen LogP contribution in [0.3, 0.4) is 0 Å². The number of nitrogens with zero attached hydrogens (tertiary/aromatic N) is 3. The Morgan fingerprint density at radius 3 is 2.79 bits per heavy atom. The highest BCUT2D eigenvalue weighted by Crippen LogP contribution is 2.24. The fourth-order valence-electron chi connectivity index (χ4n) is 2.24. The van der Waals surface area contributed by atoms with Crippen molar-refractivity contribution >= 4 is 17.2 Å². The molecule has 3 aromatic rings. The molecule has 0 aliphatic rings. The molecular weight excluding hydrogens is 327 g/mol. The van der Waals surface area contributed by atoms with Crippen LogP contribution < -0.4 is 5.32 Å². The number of amides is 1. The van der Waals surface area contributed by atoms with Gasteiger partial charge < -0.3 is 5.32 Å². The van der Waals surface area contributed by atoms with E-state index in [0.29, 0.717) is 33.3 Å². The van der Waals surface area contributed by atoms with Crippen LogP contribution in [0.25, 0.3) is 11.3 Å². The number of thiazole rings is 1. The Hall–Kier alpha value is -2.67. The molecule has 0 fully saturated rings. The van der Waals surface area contributed by atoms with Gasteiger partial charge >= 0.3 is 0 Å². The van der Waals surface area contributed by atoms with Gasteiger partial charge in [0.2, 0.25) is 0 Å². The molecule has 7 heteroatoms. The average molecular weight is 342 g/mol. The Kier molecular flexibility index (Phi) is 4.61. The number of aryl methyl sites for hydroxylation is 2. The number of hydrogen-bond donors (Lipinski definition) is 1. The molecule has 3 rings (SSSR count). The third kappa shape index (κ3) is 3.46. The molecule has 0 saturated carbocycles. The Morgan fingerprint density at radius 1 is 1.25 bits per heavy atom. The molecule has 0 saturated heterocycles. The van der Waals surface area contributed by atoms with Gasteiger partial charge in [-0.2, -0.15) is 0 Å². The van der Waals surface area contributed by atoms with Crippen LogP contribution in [0.5, 0.6) is 0 Å². The van der Waals surface area contributed by atoms with Crippen molar-refractivity contribution in [2.45, 2.75) is 20.4 Å². The van der Waals surface area contributed by atoms with Crippen molar-refractivity contribution in [3.63, 3.8) is 0 Å². The Morgan fingerprint density at radius 2 is 2.04 bits per heavy atom. The highest BCUT2D eigenvalue weighted by Gasteiger charge is 2.13. The van der Waals surface area contributed by atoms with Crippen molar-refractivity contribution in [2.75, 3.05) is 0 Å². The summed E-state index contributed by atoms with van der Waals surface area (Å²) >= 11 is 1.37. The van der Waals surface area contributed by atoms with E-state index < -0.39 is 0 Å². The van der Waals surface area contributed by atoms with Crippen LogP contribution in [0.2, 0.25) is 0 Å². The Bertz CT molecular complexity index is 894. The second-order valence-electron chi connectivity index (χ2n) is 5.21. The molecule has 5 nitrogen and oxygen atoms in total. The minimum Gasteiger partial charge on any atom is -0.345 e. The summed E-state index contributed by atoms with van der Waals surface area (Å²) in [7, 11) is 0. The van der Waals surface area contributed by atoms with E-state index in [1.807, 2.05) is 0 Å². The first kappa shape index (κ1) is 16.2. The van der Waals surface area contributed by atoms with Gasteiger partial charge in [-0.25, -0.2) is 19.3 Å². The lowest BCUT2D eigenvalue weighted by atomic mass is 10.2. The van der Waals surface area contributed by atoms with E-state index in [9.17, 15) is 9.18 Å². The van der Waals surface area contributed by atoms with Crippen LogP contribution in [-0.2, 0) is 6.54 Å². The molecule has 0 aliphatic carbocycles. The lowest BCUT2D eigenvalue weighted by molar-refractivity contribution is 0.0949. The van der Waals surface area contributed by atoms with Crippen molar-refractivity contribution in [2.24, 2.45) is 0 Å². The summed E-state index contributed by atoms with van der Waals surface area (Å²) < 4.78 is 13.8. The van der Waals surface area contributed by atoms with Crippen molar-refractivity contribution < 1.29 is 9.18 Å². The number of halogens is 1. The maximum Gasteiger partial charge on any atom is 0.255 e. The second kappa shape index (κ2) is 6.84. The number of carbonyl (C=O) groups is 1. The largest absolute Gasteiger partial charge is 0.345 e. The second-order valence-corrected chi connectivity index (χ2v) is 6.15. The zero-order valence-corrected chi connectivity index (χ0v) is 14.0. The standard InChI is InChI=1S/C17H15FN4OS/c1-10-13(7-19-11(2)21-10)17(23)20-8-16-22-15(9-24-16)12-5-3-4-6-14(12)18/h3-7,9H,8H2,1-2H3,(H,20,23). The van der Waals surface area contributed by atoms with Gasteiger partial charge in [-0.1, -0.05) is 12.1 Å². The predicted octanol–water partition coefficient (Wildman–Crippen LogP) is 3.29. The van der Waals surface area contributed by atoms with E-state index in [1.165, 1.54) is 23.6 Å². The number of nitrogens with one attached hydrogen (secondary N) is 1. The van der Waals surface area contributed by atoms with E-state index in [2.05, 4.69) is 20.3 Å². The van der Waals surface area contributed by atoms with Crippen LogP contribution in [0, 0.1) is 19.7 Å². The molecule has 1 N–H and O–H groups in total. The third-order valence-corrected chi connectivity index (χ3v) is 4.29. The van der Waals surface area contributed by atoms with Gasteiger partial charge in [-0.05, 0) is 26.0 Å². The first-order valence-electron chi connectivity index (χ1n) is 7.32. The first-order chi connectivity index (χ1) is 11.5. The van der Waals surface area contributed by atoms with E-state index in [0.717, 1.165) is 0 Å². The molecule has 0 bridgehead atoms. The number of carbonyl (C=O) groups excluding carboxylic acids is 1. The zero-order valence-electron chi connectivity index (χ0n) is 13.2. The normalized spacial score (nSPS) is 10.6. The third-order valence-electron chi connectivity index (χ3n) is 3.45. The molecule has 0 radical (unpaired) electrons. The Balaban J connectivity index is 1.69. The average Bonchev–Trinajstić information content (AvgIpc) is 3.02. The molecule has 0 unspecified atom stereocenters.